The van der Waals surface area contributed by atoms with Crippen LogP contribution in [-0.2, 0) is 0 Å². The van der Waals surface area contributed by atoms with Gasteiger partial charge in [0.1, 0.15) is 0 Å². The molecule has 0 aromatic heterocycles. The number of hydrogen-bond donors (Lipinski definition) is 4. The molecule has 0 aliphatic heterocycles. The Kier molecular flexibility index (Phi) is 25.2. The lowest BCUT2D eigenvalue weighted by Gasteiger charge is -2.16. The third kappa shape index (κ3) is 21.8. The summed E-state index contributed by atoms with van der Waals surface area (Å²) in [5.74, 6) is 1.20. The summed E-state index contributed by atoms with van der Waals surface area (Å²) >= 11 is 0. The second-order valence-corrected chi connectivity index (χ2v) is 8.66. The molecule has 0 heterocycles. The highest BCUT2D eigenvalue weighted by atomic mass is 15.0. The van der Waals surface area contributed by atoms with Crippen molar-refractivity contribution in [2.75, 3.05) is 46.8 Å². The summed E-state index contributed by atoms with van der Waals surface area (Å²) < 4.78 is 0. The van der Waals surface area contributed by atoms with Gasteiger partial charge in [0.25, 0.3) is 0 Å². The average molecular weight is 460 g/mol. The summed E-state index contributed by atoms with van der Waals surface area (Å²) in [6, 6.07) is 21.1. The Balaban J connectivity index is 0. The average Bonchev–Trinajstić information content (AvgIpc) is 2.83. The van der Waals surface area contributed by atoms with Gasteiger partial charge in [-0.05, 0) is 89.5 Å². The van der Waals surface area contributed by atoms with Crippen LogP contribution in [0.2, 0.25) is 0 Å². The summed E-state index contributed by atoms with van der Waals surface area (Å²) in [4.78, 5) is 2.13. The fourth-order valence-corrected chi connectivity index (χ4v) is 2.80. The quantitative estimate of drug-likeness (QED) is 0.421. The van der Waals surface area contributed by atoms with Crippen LogP contribution in [0.5, 0.6) is 0 Å². The Morgan fingerprint density at radius 3 is 1.30 bits per heavy atom. The van der Waals surface area contributed by atoms with Gasteiger partial charge < -0.3 is 27.8 Å². The molecule has 0 aliphatic carbocycles. The summed E-state index contributed by atoms with van der Waals surface area (Å²) in [7, 11) is 4.10. The molecule has 0 unspecified atom stereocenters. The van der Waals surface area contributed by atoms with E-state index >= 15 is 0 Å². The third-order valence-corrected chi connectivity index (χ3v) is 4.70. The molecular weight excluding hydrogens is 406 g/mol. The Morgan fingerprint density at radius 2 is 1.09 bits per heavy atom. The van der Waals surface area contributed by atoms with E-state index in [1.807, 2.05) is 12.1 Å². The second-order valence-electron chi connectivity index (χ2n) is 8.66. The predicted octanol–water partition coefficient (Wildman–Crippen LogP) is 4.41. The number of rotatable bonds is 10. The first-order valence-electron chi connectivity index (χ1n) is 12.4. The maximum atomic E-state index is 5.70. The molecule has 0 saturated heterocycles. The minimum Gasteiger partial charge on any atom is -0.330 e. The molecule has 0 amide bonds. The molecule has 5 heteroatoms. The van der Waals surface area contributed by atoms with Crippen molar-refractivity contribution in [3.8, 4) is 0 Å². The molecule has 2 aromatic rings. The first-order chi connectivity index (χ1) is 15.9. The van der Waals surface area contributed by atoms with Crippen molar-refractivity contribution in [2.24, 2.45) is 28.9 Å². The topological polar surface area (TPSA) is 107 Å². The van der Waals surface area contributed by atoms with Crippen LogP contribution in [-0.4, -0.2) is 51.7 Å². The van der Waals surface area contributed by atoms with Crippen LogP contribution in [0.3, 0.4) is 0 Å². The van der Waals surface area contributed by atoms with Gasteiger partial charge in [-0.3, -0.25) is 0 Å². The minimum absolute atomic E-state index is 0.424. The summed E-state index contributed by atoms with van der Waals surface area (Å²) in [6.45, 7) is 10.7. The largest absolute Gasteiger partial charge is 0.330 e. The lowest BCUT2D eigenvalue weighted by molar-refractivity contribution is 0.403. The maximum Gasteiger partial charge on any atom is 0.0101 e. The maximum absolute atomic E-state index is 5.70. The van der Waals surface area contributed by atoms with Crippen molar-refractivity contribution in [3.63, 3.8) is 0 Å². The number of nitrogens with two attached hydrogens (primary N) is 4. The van der Waals surface area contributed by atoms with Gasteiger partial charge >= 0.3 is 0 Å². The van der Waals surface area contributed by atoms with Crippen molar-refractivity contribution in [1.29, 1.82) is 0 Å². The van der Waals surface area contributed by atoms with E-state index in [0.29, 0.717) is 12.5 Å². The van der Waals surface area contributed by atoms with E-state index in [1.165, 1.54) is 11.1 Å². The summed E-state index contributed by atoms with van der Waals surface area (Å²) in [5.41, 5.74) is 23.9. The van der Waals surface area contributed by atoms with Crippen LogP contribution >= 0.6 is 0 Å². The highest BCUT2D eigenvalue weighted by Crippen LogP contribution is 2.26. The van der Waals surface area contributed by atoms with Crippen LogP contribution in [0.25, 0.3) is 0 Å². The highest BCUT2D eigenvalue weighted by molar-refractivity contribution is 5.32. The molecule has 0 spiro atoms. The van der Waals surface area contributed by atoms with Crippen LogP contribution in [0.15, 0.2) is 60.7 Å². The number of benzene rings is 2. The first-order valence-corrected chi connectivity index (χ1v) is 12.4. The second kappa shape index (κ2) is 24.9. The Hall–Kier alpha value is -1.76. The molecule has 0 aliphatic rings. The molecule has 0 saturated carbocycles. The lowest BCUT2D eigenvalue weighted by Crippen LogP contribution is -2.16. The molecule has 0 fully saturated rings. The highest BCUT2D eigenvalue weighted by Gasteiger charge is 2.11. The zero-order valence-electron chi connectivity index (χ0n) is 22.0. The predicted molar refractivity (Wildman–Crippen MR) is 148 cm³/mol. The Labute approximate surface area is 204 Å². The van der Waals surface area contributed by atoms with E-state index in [-0.39, 0.29) is 0 Å². The van der Waals surface area contributed by atoms with Crippen LogP contribution in [0, 0.1) is 5.92 Å². The molecule has 8 N–H and O–H groups in total. The third-order valence-electron chi connectivity index (χ3n) is 4.70. The van der Waals surface area contributed by atoms with Crippen molar-refractivity contribution in [2.45, 2.75) is 52.4 Å². The van der Waals surface area contributed by atoms with Gasteiger partial charge in [-0.15, -0.1) is 0 Å². The summed E-state index contributed by atoms with van der Waals surface area (Å²) in [5, 5.41) is 0. The SMILES string of the molecule is CC(C)CCN.CCCN.CN(C)CCCN.NCCC(c1ccccc1)c1ccccc1. The van der Waals surface area contributed by atoms with Crippen molar-refractivity contribution >= 4 is 0 Å². The molecule has 0 bridgehead atoms. The van der Waals surface area contributed by atoms with E-state index < -0.39 is 0 Å². The van der Waals surface area contributed by atoms with E-state index in [2.05, 4.69) is 88.3 Å². The molecule has 33 heavy (non-hydrogen) atoms. The molecule has 190 valence electrons. The normalized spacial score (nSPS) is 10.1. The van der Waals surface area contributed by atoms with E-state index in [4.69, 9.17) is 22.9 Å². The van der Waals surface area contributed by atoms with Crippen molar-refractivity contribution < 1.29 is 0 Å². The van der Waals surface area contributed by atoms with Gasteiger partial charge in [-0.2, -0.15) is 0 Å². The van der Waals surface area contributed by atoms with Gasteiger partial charge in [0.05, 0.1) is 0 Å². The van der Waals surface area contributed by atoms with Gasteiger partial charge in [0.2, 0.25) is 0 Å². The van der Waals surface area contributed by atoms with Gasteiger partial charge in [-0.1, -0.05) is 81.4 Å². The van der Waals surface area contributed by atoms with Gasteiger partial charge in [0, 0.05) is 5.92 Å². The molecular formula is C28H53N5. The standard InChI is InChI=1S/C15H17N.C5H14N2.C5H13N.C3H9N/c16-12-11-15(13-7-3-1-4-8-13)14-9-5-2-6-10-14;1-7(2)5-3-4-6;1-5(2)3-4-6;1-2-3-4/h1-10,15H,11-12,16H2;3-6H2,1-2H3;5H,3-4,6H2,1-2H3;2-4H2,1H3. The molecule has 0 atom stereocenters. The zero-order valence-corrected chi connectivity index (χ0v) is 22.0. The number of hydrogen-bond acceptors (Lipinski definition) is 5. The summed E-state index contributed by atoms with van der Waals surface area (Å²) in [6.07, 6.45) is 4.35. The minimum atomic E-state index is 0.424. The van der Waals surface area contributed by atoms with Crippen LogP contribution < -0.4 is 22.9 Å². The van der Waals surface area contributed by atoms with Crippen LogP contribution in [0.4, 0.5) is 0 Å². The Morgan fingerprint density at radius 1 is 0.667 bits per heavy atom. The number of nitrogens with zero attached hydrogens (tertiary/aromatic N) is 1. The van der Waals surface area contributed by atoms with Crippen molar-refractivity contribution in [1.82, 2.24) is 4.90 Å². The van der Waals surface area contributed by atoms with Gasteiger partial charge in [0.15, 0.2) is 0 Å². The van der Waals surface area contributed by atoms with E-state index in [0.717, 1.165) is 57.8 Å². The fourth-order valence-electron chi connectivity index (χ4n) is 2.80. The molecule has 2 aromatic carbocycles. The van der Waals surface area contributed by atoms with Gasteiger partial charge in [-0.25, -0.2) is 0 Å². The molecule has 0 radical (unpaired) electrons. The van der Waals surface area contributed by atoms with Crippen molar-refractivity contribution in [3.05, 3.63) is 71.8 Å². The fraction of sp³-hybridized carbons (Fsp3) is 0.571. The monoisotopic (exact) mass is 459 g/mol. The Bertz CT molecular complexity index is 561. The van der Waals surface area contributed by atoms with Crippen LogP contribution in [0.1, 0.15) is 63.5 Å². The zero-order chi connectivity index (χ0) is 25.3. The van der Waals surface area contributed by atoms with E-state index in [9.17, 15) is 0 Å². The molecule has 5 nitrogen and oxygen atoms in total. The smallest absolute Gasteiger partial charge is 0.0101 e. The molecule has 2 rings (SSSR count). The first kappa shape index (κ1) is 33.4. The lowest BCUT2D eigenvalue weighted by atomic mass is 9.89. The van der Waals surface area contributed by atoms with E-state index in [1.54, 1.807) is 0 Å².